The Morgan fingerprint density at radius 3 is 2.25 bits per heavy atom. The van der Waals surface area contributed by atoms with Crippen LogP contribution in [0.25, 0.3) is 11.1 Å². The number of benzene rings is 2. The van der Waals surface area contributed by atoms with Crippen LogP contribution in [0.3, 0.4) is 0 Å². The maximum atomic E-state index is 13.7. The number of hydrogen-bond donors (Lipinski definition) is 0. The topological polar surface area (TPSA) is 9.23 Å². The quantitative estimate of drug-likeness (QED) is 0.741. The Kier molecular flexibility index (Phi) is 2.91. The first-order valence-corrected chi connectivity index (χ1v) is 5.11. The molecular formula is C14H13FO. The minimum Gasteiger partial charge on any atom is -0.497 e. The van der Waals surface area contributed by atoms with Crippen LogP contribution in [0.15, 0.2) is 42.5 Å². The van der Waals surface area contributed by atoms with Gasteiger partial charge in [-0.2, -0.15) is 0 Å². The fourth-order valence-electron chi connectivity index (χ4n) is 1.62. The lowest BCUT2D eigenvalue weighted by Gasteiger charge is -2.05. The molecule has 0 saturated carbocycles. The Morgan fingerprint density at radius 2 is 1.69 bits per heavy atom. The van der Waals surface area contributed by atoms with Crippen LogP contribution in [0, 0.1) is 12.7 Å². The zero-order chi connectivity index (χ0) is 11.5. The lowest BCUT2D eigenvalue weighted by Crippen LogP contribution is -1.86. The Morgan fingerprint density at radius 1 is 1.00 bits per heavy atom. The highest BCUT2D eigenvalue weighted by Crippen LogP contribution is 2.25. The van der Waals surface area contributed by atoms with E-state index in [1.165, 1.54) is 0 Å². The molecule has 0 atom stereocenters. The van der Waals surface area contributed by atoms with Crippen molar-refractivity contribution in [1.29, 1.82) is 0 Å². The summed E-state index contributed by atoms with van der Waals surface area (Å²) in [6, 6.07) is 12.6. The summed E-state index contributed by atoms with van der Waals surface area (Å²) in [6.45, 7) is 1.88. The van der Waals surface area contributed by atoms with E-state index >= 15 is 0 Å². The van der Waals surface area contributed by atoms with Gasteiger partial charge in [0.05, 0.1) is 7.11 Å². The van der Waals surface area contributed by atoms with E-state index in [2.05, 4.69) is 0 Å². The molecule has 2 aromatic carbocycles. The van der Waals surface area contributed by atoms with Crippen molar-refractivity contribution >= 4 is 0 Å². The van der Waals surface area contributed by atoms with Gasteiger partial charge in [0.1, 0.15) is 11.6 Å². The normalized spacial score (nSPS) is 10.2. The van der Waals surface area contributed by atoms with Crippen molar-refractivity contribution in [2.24, 2.45) is 0 Å². The molecule has 0 aliphatic carbocycles. The van der Waals surface area contributed by atoms with Crippen LogP contribution in [-0.2, 0) is 0 Å². The molecule has 2 heteroatoms. The molecule has 1 nitrogen and oxygen atoms in total. The molecule has 0 aromatic heterocycles. The SMILES string of the molecule is COc1ccc(-c2ccc(C)cc2F)cc1. The first kappa shape index (κ1) is 10.7. The van der Waals surface area contributed by atoms with E-state index in [4.69, 9.17) is 4.74 Å². The molecule has 2 rings (SSSR count). The zero-order valence-corrected chi connectivity index (χ0v) is 9.33. The minimum absolute atomic E-state index is 0.190. The van der Waals surface area contributed by atoms with Crippen LogP contribution >= 0.6 is 0 Å². The second-order valence-electron chi connectivity index (χ2n) is 3.71. The van der Waals surface area contributed by atoms with E-state index in [1.54, 1.807) is 19.2 Å². The lowest BCUT2D eigenvalue weighted by atomic mass is 10.0. The number of methoxy groups -OCH3 is 1. The van der Waals surface area contributed by atoms with Crippen LogP contribution in [0.1, 0.15) is 5.56 Å². The van der Waals surface area contributed by atoms with E-state index < -0.39 is 0 Å². The molecule has 0 aliphatic rings. The summed E-state index contributed by atoms with van der Waals surface area (Å²) in [5, 5.41) is 0. The van der Waals surface area contributed by atoms with Gasteiger partial charge in [-0.15, -0.1) is 0 Å². The molecular weight excluding hydrogens is 203 g/mol. The molecule has 0 fully saturated rings. The van der Waals surface area contributed by atoms with Gasteiger partial charge in [-0.3, -0.25) is 0 Å². The second-order valence-corrected chi connectivity index (χ2v) is 3.71. The molecule has 0 amide bonds. The molecule has 0 radical (unpaired) electrons. The predicted octanol–water partition coefficient (Wildman–Crippen LogP) is 3.81. The zero-order valence-electron chi connectivity index (χ0n) is 9.33. The Labute approximate surface area is 94.5 Å². The van der Waals surface area contributed by atoms with Crippen LogP contribution in [-0.4, -0.2) is 7.11 Å². The summed E-state index contributed by atoms with van der Waals surface area (Å²) in [6.07, 6.45) is 0. The molecule has 2 aromatic rings. The van der Waals surface area contributed by atoms with Crippen LogP contribution in [0.5, 0.6) is 5.75 Å². The summed E-state index contributed by atoms with van der Waals surface area (Å²) in [4.78, 5) is 0. The largest absolute Gasteiger partial charge is 0.497 e. The fourth-order valence-corrected chi connectivity index (χ4v) is 1.62. The van der Waals surface area contributed by atoms with Gasteiger partial charge >= 0.3 is 0 Å². The molecule has 0 saturated heterocycles. The number of aryl methyl sites for hydroxylation is 1. The van der Waals surface area contributed by atoms with E-state index in [0.29, 0.717) is 5.56 Å². The number of rotatable bonds is 2. The molecule has 16 heavy (non-hydrogen) atoms. The molecule has 0 N–H and O–H groups in total. The van der Waals surface area contributed by atoms with Crippen molar-refractivity contribution in [3.05, 3.63) is 53.8 Å². The maximum Gasteiger partial charge on any atom is 0.131 e. The summed E-state index contributed by atoms with van der Waals surface area (Å²) >= 11 is 0. The van der Waals surface area contributed by atoms with E-state index in [9.17, 15) is 4.39 Å². The molecule has 0 spiro atoms. The average Bonchev–Trinajstić information content (AvgIpc) is 2.29. The van der Waals surface area contributed by atoms with Crippen molar-refractivity contribution in [3.63, 3.8) is 0 Å². The minimum atomic E-state index is -0.190. The van der Waals surface area contributed by atoms with Crippen molar-refractivity contribution in [2.45, 2.75) is 6.92 Å². The van der Waals surface area contributed by atoms with Gasteiger partial charge in [0.2, 0.25) is 0 Å². The van der Waals surface area contributed by atoms with E-state index in [1.807, 2.05) is 37.3 Å². The van der Waals surface area contributed by atoms with Crippen LogP contribution in [0.2, 0.25) is 0 Å². The number of ether oxygens (including phenoxy) is 1. The van der Waals surface area contributed by atoms with Gasteiger partial charge < -0.3 is 4.74 Å². The van der Waals surface area contributed by atoms with Crippen molar-refractivity contribution in [1.82, 2.24) is 0 Å². The molecule has 0 unspecified atom stereocenters. The Balaban J connectivity index is 2.42. The number of hydrogen-bond acceptors (Lipinski definition) is 1. The van der Waals surface area contributed by atoms with Crippen molar-refractivity contribution in [2.75, 3.05) is 7.11 Å². The third-order valence-electron chi connectivity index (χ3n) is 2.53. The molecule has 0 aliphatic heterocycles. The predicted molar refractivity (Wildman–Crippen MR) is 63.1 cm³/mol. The number of halogens is 1. The van der Waals surface area contributed by atoms with E-state index in [-0.39, 0.29) is 5.82 Å². The smallest absolute Gasteiger partial charge is 0.131 e. The van der Waals surface area contributed by atoms with Gasteiger partial charge in [0, 0.05) is 5.56 Å². The third kappa shape index (κ3) is 2.06. The second kappa shape index (κ2) is 4.35. The third-order valence-corrected chi connectivity index (χ3v) is 2.53. The monoisotopic (exact) mass is 216 g/mol. The first-order chi connectivity index (χ1) is 7.70. The maximum absolute atomic E-state index is 13.7. The van der Waals surface area contributed by atoms with Gasteiger partial charge in [-0.1, -0.05) is 24.3 Å². The van der Waals surface area contributed by atoms with Gasteiger partial charge in [0.25, 0.3) is 0 Å². The molecule has 82 valence electrons. The van der Waals surface area contributed by atoms with Gasteiger partial charge in [0.15, 0.2) is 0 Å². The first-order valence-electron chi connectivity index (χ1n) is 5.11. The average molecular weight is 216 g/mol. The Hall–Kier alpha value is -1.83. The van der Waals surface area contributed by atoms with Crippen molar-refractivity contribution in [3.8, 4) is 16.9 Å². The summed E-state index contributed by atoms with van der Waals surface area (Å²) < 4.78 is 18.7. The van der Waals surface area contributed by atoms with Crippen LogP contribution in [0.4, 0.5) is 4.39 Å². The highest BCUT2D eigenvalue weighted by atomic mass is 19.1. The highest BCUT2D eigenvalue weighted by molar-refractivity contribution is 5.65. The van der Waals surface area contributed by atoms with Gasteiger partial charge in [-0.05, 0) is 36.2 Å². The summed E-state index contributed by atoms with van der Waals surface area (Å²) in [5.74, 6) is 0.585. The molecule has 0 bridgehead atoms. The summed E-state index contributed by atoms with van der Waals surface area (Å²) in [7, 11) is 1.61. The van der Waals surface area contributed by atoms with Crippen LogP contribution < -0.4 is 4.74 Å². The van der Waals surface area contributed by atoms with E-state index in [0.717, 1.165) is 16.9 Å². The van der Waals surface area contributed by atoms with Gasteiger partial charge in [-0.25, -0.2) is 4.39 Å². The summed E-state index contributed by atoms with van der Waals surface area (Å²) in [5.41, 5.74) is 2.40. The lowest BCUT2D eigenvalue weighted by molar-refractivity contribution is 0.415. The highest BCUT2D eigenvalue weighted by Gasteiger charge is 2.04. The fraction of sp³-hybridized carbons (Fsp3) is 0.143. The standard InChI is InChI=1S/C14H13FO/c1-10-3-8-13(14(15)9-10)11-4-6-12(16-2)7-5-11/h3-9H,1-2H3. The Bertz CT molecular complexity index is 489. The van der Waals surface area contributed by atoms with Crippen molar-refractivity contribution < 1.29 is 9.13 Å². The molecule has 0 heterocycles.